The van der Waals surface area contributed by atoms with Gasteiger partial charge in [0.2, 0.25) is 5.88 Å². The van der Waals surface area contributed by atoms with E-state index in [0.29, 0.717) is 5.88 Å². The normalized spacial score (nSPS) is 10.4. The predicted molar refractivity (Wildman–Crippen MR) is 75.2 cm³/mol. The van der Waals surface area contributed by atoms with Crippen molar-refractivity contribution in [3.8, 4) is 5.88 Å². The van der Waals surface area contributed by atoms with Crippen LogP contribution in [0.15, 0.2) is 6.07 Å². The molecular weight excluding hydrogens is 226 g/mol. The van der Waals surface area contributed by atoms with Crippen LogP contribution in [-0.2, 0) is 0 Å². The Morgan fingerprint density at radius 3 is 2.56 bits per heavy atom. The lowest BCUT2D eigenvalue weighted by Gasteiger charge is -2.07. The molecule has 0 bridgehead atoms. The summed E-state index contributed by atoms with van der Waals surface area (Å²) < 4.78 is 5.12. The minimum absolute atomic E-state index is 0.618. The fraction of sp³-hybridized carbons (Fsp3) is 0.714. The summed E-state index contributed by atoms with van der Waals surface area (Å²) in [5.74, 6) is 2.21. The highest BCUT2D eigenvalue weighted by atomic mass is 16.5. The molecule has 0 aromatic carbocycles. The van der Waals surface area contributed by atoms with Gasteiger partial charge < -0.3 is 10.1 Å². The summed E-state index contributed by atoms with van der Waals surface area (Å²) in [6.07, 6.45) is 7.83. The Hall–Kier alpha value is -1.32. The van der Waals surface area contributed by atoms with Crippen LogP contribution in [-0.4, -0.2) is 23.6 Å². The highest BCUT2D eigenvalue weighted by Gasteiger charge is 2.00. The second kappa shape index (κ2) is 8.72. The largest absolute Gasteiger partial charge is 0.481 e. The molecular formula is C14H25N3O. The molecule has 1 heterocycles. The summed E-state index contributed by atoms with van der Waals surface area (Å²) in [4.78, 5) is 8.48. The Morgan fingerprint density at radius 1 is 1.11 bits per heavy atom. The summed E-state index contributed by atoms with van der Waals surface area (Å²) in [6, 6.07) is 1.84. The van der Waals surface area contributed by atoms with Crippen LogP contribution in [0.4, 0.5) is 5.82 Å². The third-order valence-electron chi connectivity index (χ3n) is 2.86. The third-order valence-corrected chi connectivity index (χ3v) is 2.86. The lowest BCUT2D eigenvalue weighted by atomic mass is 10.1. The highest BCUT2D eigenvalue weighted by Crippen LogP contribution is 2.13. The number of anilines is 1. The molecule has 0 fully saturated rings. The molecule has 0 aliphatic carbocycles. The number of hydrogen-bond donors (Lipinski definition) is 1. The first-order chi connectivity index (χ1) is 8.76. The molecule has 102 valence electrons. The van der Waals surface area contributed by atoms with Crippen LogP contribution >= 0.6 is 0 Å². The van der Waals surface area contributed by atoms with Crippen molar-refractivity contribution in [2.75, 3.05) is 19.0 Å². The van der Waals surface area contributed by atoms with Crippen molar-refractivity contribution in [2.24, 2.45) is 0 Å². The maximum atomic E-state index is 5.12. The molecule has 4 heteroatoms. The number of nitrogens with zero attached hydrogens (tertiary/aromatic N) is 2. The molecule has 1 aromatic heterocycles. The van der Waals surface area contributed by atoms with Gasteiger partial charge in [-0.05, 0) is 13.3 Å². The topological polar surface area (TPSA) is 47.0 Å². The van der Waals surface area contributed by atoms with Crippen molar-refractivity contribution < 1.29 is 4.74 Å². The van der Waals surface area contributed by atoms with Crippen LogP contribution in [0.2, 0.25) is 0 Å². The van der Waals surface area contributed by atoms with E-state index in [1.807, 2.05) is 13.0 Å². The van der Waals surface area contributed by atoms with Gasteiger partial charge in [0.1, 0.15) is 11.6 Å². The van der Waals surface area contributed by atoms with Crippen molar-refractivity contribution in [1.82, 2.24) is 9.97 Å². The molecule has 0 spiro atoms. The van der Waals surface area contributed by atoms with Crippen LogP contribution < -0.4 is 10.1 Å². The van der Waals surface area contributed by atoms with E-state index in [4.69, 9.17) is 4.74 Å². The summed E-state index contributed by atoms with van der Waals surface area (Å²) in [6.45, 7) is 5.08. The molecule has 0 aliphatic rings. The maximum Gasteiger partial charge on any atom is 0.218 e. The third kappa shape index (κ3) is 5.84. The predicted octanol–water partition coefficient (Wildman–Crippen LogP) is 3.57. The zero-order chi connectivity index (χ0) is 13.2. The molecule has 18 heavy (non-hydrogen) atoms. The first-order valence-corrected chi connectivity index (χ1v) is 6.89. The number of unbranched alkanes of at least 4 members (excludes halogenated alkanes) is 5. The van der Waals surface area contributed by atoms with Crippen molar-refractivity contribution >= 4 is 5.82 Å². The molecule has 0 radical (unpaired) electrons. The van der Waals surface area contributed by atoms with Gasteiger partial charge in [-0.15, -0.1) is 0 Å². The van der Waals surface area contributed by atoms with Crippen LogP contribution in [0.1, 0.15) is 51.3 Å². The van der Waals surface area contributed by atoms with Crippen molar-refractivity contribution in [3.05, 3.63) is 11.9 Å². The average Bonchev–Trinajstić information content (AvgIpc) is 2.37. The minimum atomic E-state index is 0.618. The standard InChI is InChI=1S/C14H25N3O/c1-4-5-6-7-8-9-10-15-13-11-14(18-3)17-12(2)16-13/h11H,4-10H2,1-3H3,(H,15,16,17). The first-order valence-electron chi connectivity index (χ1n) is 6.89. The van der Waals surface area contributed by atoms with Gasteiger partial charge in [0, 0.05) is 12.6 Å². The molecule has 0 saturated carbocycles. The SMILES string of the molecule is CCCCCCCCNc1cc(OC)nc(C)n1. The van der Waals surface area contributed by atoms with E-state index in [2.05, 4.69) is 22.2 Å². The van der Waals surface area contributed by atoms with E-state index in [-0.39, 0.29) is 0 Å². The first kappa shape index (κ1) is 14.7. The monoisotopic (exact) mass is 251 g/mol. The summed E-state index contributed by atoms with van der Waals surface area (Å²) in [5.41, 5.74) is 0. The molecule has 1 rings (SSSR count). The Bertz CT molecular complexity index is 342. The van der Waals surface area contributed by atoms with Gasteiger partial charge in [-0.1, -0.05) is 39.0 Å². The second-order valence-corrected chi connectivity index (χ2v) is 4.54. The minimum Gasteiger partial charge on any atom is -0.481 e. The van der Waals surface area contributed by atoms with Crippen LogP contribution in [0, 0.1) is 6.92 Å². The van der Waals surface area contributed by atoms with Crippen molar-refractivity contribution in [1.29, 1.82) is 0 Å². The Balaban J connectivity index is 2.20. The van der Waals surface area contributed by atoms with Crippen molar-refractivity contribution in [2.45, 2.75) is 52.4 Å². The van der Waals surface area contributed by atoms with Crippen LogP contribution in [0.3, 0.4) is 0 Å². The van der Waals surface area contributed by atoms with Gasteiger partial charge in [-0.3, -0.25) is 0 Å². The lowest BCUT2D eigenvalue weighted by Crippen LogP contribution is -2.05. The van der Waals surface area contributed by atoms with Crippen LogP contribution in [0.5, 0.6) is 5.88 Å². The van der Waals surface area contributed by atoms with E-state index >= 15 is 0 Å². The Labute approximate surface area is 110 Å². The van der Waals surface area contributed by atoms with Gasteiger partial charge in [-0.25, -0.2) is 4.98 Å². The van der Waals surface area contributed by atoms with Gasteiger partial charge in [0.05, 0.1) is 7.11 Å². The number of aromatic nitrogens is 2. The number of ether oxygens (including phenoxy) is 1. The molecule has 0 saturated heterocycles. The second-order valence-electron chi connectivity index (χ2n) is 4.54. The Morgan fingerprint density at radius 2 is 1.83 bits per heavy atom. The quantitative estimate of drug-likeness (QED) is 0.682. The van der Waals surface area contributed by atoms with Gasteiger partial charge in [0.25, 0.3) is 0 Å². The fourth-order valence-corrected chi connectivity index (χ4v) is 1.86. The molecule has 1 aromatic rings. The fourth-order valence-electron chi connectivity index (χ4n) is 1.86. The number of methoxy groups -OCH3 is 1. The molecule has 0 amide bonds. The number of rotatable bonds is 9. The number of nitrogens with one attached hydrogen (secondary N) is 1. The maximum absolute atomic E-state index is 5.12. The lowest BCUT2D eigenvalue weighted by molar-refractivity contribution is 0.396. The van der Waals surface area contributed by atoms with E-state index in [9.17, 15) is 0 Å². The number of aryl methyl sites for hydroxylation is 1. The average molecular weight is 251 g/mol. The van der Waals surface area contributed by atoms with Gasteiger partial charge >= 0.3 is 0 Å². The van der Waals surface area contributed by atoms with E-state index in [1.54, 1.807) is 7.11 Å². The van der Waals surface area contributed by atoms with E-state index in [1.165, 1.54) is 38.5 Å². The van der Waals surface area contributed by atoms with E-state index < -0.39 is 0 Å². The zero-order valence-electron chi connectivity index (χ0n) is 11.8. The van der Waals surface area contributed by atoms with Crippen molar-refractivity contribution in [3.63, 3.8) is 0 Å². The molecule has 0 unspecified atom stereocenters. The van der Waals surface area contributed by atoms with Gasteiger partial charge in [0.15, 0.2) is 0 Å². The zero-order valence-corrected chi connectivity index (χ0v) is 11.8. The molecule has 1 N–H and O–H groups in total. The summed E-state index contributed by atoms with van der Waals surface area (Å²) >= 11 is 0. The molecule has 0 atom stereocenters. The summed E-state index contributed by atoms with van der Waals surface area (Å²) in [5, 5.41) is 3.32. The highest BCUT2D eigenvalue weighted by molar-refractivity contribution is 5.38. The van der Waals surface area contributed by atoms with E-state index in [0.717, 1.165) is 18.2 Å². The smallest absolute Gasteiger partial charge is 0.218 e. The molecule has 0 aliphatic heterocycles. The summed E-state index contributed by atoms with van der Waals surface area (Å²) in [7, 11) is 1.62. The van der Waals surface area contributed by atoms with Gasteiger partial charge in [-0.2, -0.15) is 4.98 Å². The Kier molecular flexibility index (Phi) is 7.14. The molecule has 4 nitrogen and oxygen atoms in total. The van der Waals surface area contributed by atoms with Crippen LogP contribution in [0.25, 0.3) is 0 Å². The number of hydrogen-bond acceptors (Lipinski definition) is 4.